The molecule has 0 aliphatic heterocycles. The lowest BCUT2D eigenvalue weighted by atomic mass is 10.1. The van der Waals surface area contributed by atoms with E-state index in [1.165, 1.54) is 18.2 Å². The minimum absolute atomic E-state index is 0.121. The van der Waals surface area contributed by atoms with Gasteiger partial charge in [-0.25, -0.2) is 0 Å². The Hall–Kier alpha value is -2.72. The van der Waals surface area contributed by atoms with Crippen molar-refractivity contribution in [3.8, 4) is 5.75 Å². The number of carbonyl (C=O) groups excluding carboxylic acids is 1. The second-order valence-electron chi connectivity index (χ2n) is 6.24. The van der Waals surface area contributed by atoms with Crippen LogP contribution in [0.15, 0.2) is 53.7 Å². The maximum absolute atomic E-state index is 13.1. The summed E-state index contributed by atoms with van der Waals surface area (Å²) in [4.78, 5) is 12.2. The summed E-state index contributed by atoms with van der Waals surface area (Å²) in [6.45, 7) is 2.53. The Kier molecular flexibility index (Phi) is 7.45. The summed E-state index contributed by atoms with van der Waals surface area (Å²) in [5.74, 6) is 0.330. The molecule has 3 rings (SSSR count). The summed E-state index contributed by atoms with van der Waals surface area (Å²) in [6.07, 6.45) is -4.56. The van der Waals surface area contributed by atoms with Gasteiger partial charge in [0.1, 0.15) is 12.4 Å². The van der Waals surface area contributed by atoms with Crippen LogP contribution in [0, 0.1) is 0 Å². The maximum Gasteiger partial charge on any atom is 0.418 e. The quantitative estimate of drug-likeness (QED) is 0.454. The van der Waals surface area contributed by atoms with Crippen molar-refractivity contribution in [2.24, 2.45) is 0 Å². The predicted octanol–water partition coefficient (Wildman–Crippen LogP) is 5.28. The molecule has 31 heavy (non-hydrogen) atoms. The van der Waals surface area contributed by atoms with Crippen LogP contribution in [0.3, 0.4) is 0 Å². The molecule has 0 radical (unpaired) electrons. The molecule has 0 bridgehead atoms. The van der Waals surface area contributed by atoms with Gasteiger partial charge >= 0.3 is 6.18 Å². The molecule has 0 fully saturated rings. The molecule has 1 aromatic heterocycles. The highest BCUT2D eigenvalue weighted by atomic mass is 35.5. The highest BCUT2D eigenvalue weighted by Gasteiger charge is 2.33. The molecule has 0 saturated heterocycles. The van der Waals surface area contributed by atoms with Crippen LogP contribution in [0.25, 0.3) is 0 Å². The van der Waals surface area contributed by atoms with Crippen molar-refractivity contribution in [2.45, 2.75) is 31.4 Å². The first-order valence-corrected chi connectivity index (χ1v) is 10.5. The first kappa shape index (κ1) is 23.0. The molecule has 0 atom stereocenters. The van der Waals surface area contributed by atoms with Crippen molar-refractivity contribution in [2.75, 3.05) is 11.1 Å². The monoisotopic (exact) mass is 470 g/mol. The zero-order valence-electron chi connectivity index (χ0n) is 16.3. The Balaban J connectivity index is 1.62. The van der Waals surface area contributed by atoms with Crippen LogP contribution in [-0.2, 0) is 24.1 Å². The highest BCUT2D eigenvalue weighted by Crippen LogP contribution is 2.34. The Morgan fingerprint density at radius 2 is 1.87 bits per heavy atom. The van der Waals surface area contributed by atoms with E-state index in [1.54, 1.807) is 28.8 Å². The Bertz CT molecular complexity index is 1060. The largest absolute Gasteiger partial charge is 0.484 e. The van der Waals surface area contributed by atoms with Crippen LogP contribution in [0.1, 0.15) is 18.3 Å². The third kappa shape index (κ3) is 5.92. The van der Waals surface area contributed by atoms with Gasteiger partial charge in [-0.05, 0) is 31.2 Å². The Morgan fingerprint density at radius 3 is 2.58 bits per heavy atom. The van der Waals surface area contributed by atoms with Crippen LogP contribution in [0.5, 0.6) is 5.75 Å². The highest BCUT2D eigenvalue weighted by molar-refractivity contribution is 7.99. The number of hydrogen-bond acceptors (Lipinski definition) is 5. The fraction of sp³-hybridized carbons (Fsp3) is 0.250. The molecule has 1 heterocycles. The summed E-state index contributed by atoms with van der Waals surface area (Å²) in [7, 11) is 0. The number of aromatic nitrogens is 3. The van der Waals surface area contributed by atoms with E-state index in [4.69, 9.17) is 16.3 Å². The van der Waals surface area contributed by atoms with Crippen LogP contribution < -0.4 is 10.1 Å². The molecule has 1 amide bonds. The van der Waals surface area contributed by atoms with Crippen LogP contribution in [0.2, 0.25) is 5.02 Å². The molecule has 1 N–H and O–H groups in total. The minimum Gasteiger partial charge on any atom is -0.484 e. The van der Waals surface area contributed by atoms with Gasteiger partial charge in [0.05, 0.1) is 22.0 Å². The fourth-order valence-corrected chi connectivity index (χ4v) is 3.72. The smallest absolute Gasteiger partial charge is 0.418 e. The zero-order valence-corrected chi connectivity index (χ0v) is 17.9. The molecule has 6 nitrogen and oxygen atoms in total. The number of ether oxygens (including phenoxy) is 1. The first-order chi connectivity index (χ1) is 14.8. The third-order valence-electron chi connectivity index (χ3n) is 4.14. The van der Waals surface area contributed by atoms with E-state index in [1.807, 2.05) is 6.92 Å². The number of nitrogens with one attached hydrogen (secondary N) is 1. The van der Waals surface area contributed by atoms with Gasteiger partial charge in [-0.1, -0.05) is 47.6 Å². The maximum atomic E-state index is 13.1. The summed E-state index contributed by atoms with van der Waals surface area (Å²) in [5.41, 5.74) is -1.18. The Morgan fingerprint density at radius 1 is 1.16 bits per heavy atom. The van der Waals surface area contributed by atoms with Crippen LogP contribution in [-0.4, -0.2) is 26.4 Å². The molecule has 11 heteroatoms. The van der Waals surface area contributed by atoms with Gasteiger partial charge in [0.2, 0.25) is 5.91 Å². The van der Waals surface area contributed by atoms with Crippen molar-refractivity contribution in [1.82, 2.24) is 14.8 Å². The number of hydrogen-bond donors (Lipinski definition) is 1. The van der Waals surface area contributed by atoms with Crippen molar-refractivity contribution >= 4 is 35.0 Å². The molecule has 2 aromatic carbocycles. The number of benzene rings is 2. The number of para-hydroxylation sites is 2. The van der Waals surface area contributed by atoms with E-state index in [0.29, 0.717) is 28.3 Å². The van der Waals surface area contributed by atoms with Gasteiger partial charge in [-0.15, -0.1) is 10.2 Å². The van der Waals surface area contributed by atoms with E-state index < -0.39 is 17.6 Å². The van der Waals surface area contributed by atoms with E-state index in [9.17, 15) is 18.0 Å². The summed E-state index contributed by atoms with van der Waals surface area (Å²) in [6, 6.07) is 11.8. The van der Waals surface area contributed by atoms with E-state index in [-0.39, 0.29) is 18.0 Å². The number of anilines is 1. The summed E-state index contributed by atoms with van der Waals surface area (Å²) < 4.78 is 46.7. The average Bonchev–Trinajstić information content (AvgIpc) is 3.13. The van der Waals surface area contributed by atoms with Gasteiger partial charge in [0.25, 0.3) is 0 Å². The third-order valence-corrected chi connectivity index (χ3v) is 5.42. The number of alkyl halides is 3. The predicted molar refractivity (Wildman–Crippen MR) is 112 cm³/mol. The number of nitrogens with zero attached hydrogens (tertiary/aromatic N) is 3. The molecule has 3 aromatic rings. The lowest BCUT2D eigenvalue weighted by Crippen LogP contribution is -2.18. The minimum atomic E-state index is -4.56. The lowest BCUT2D eigenvalue weighted by Gasteiger charge is -2.13. The number of rotatable bonds is 8. The number of thioether (sulfide) groups is 1. The van der Waals surface area contributed by atoms with E-state index in [0.717, 1.165) is 17.8 Å². The molecule has 0 aliphatic carbocycles. The molecule has 164 valence electrons. The molecular formula is C20H18ClF3N4O2S. The van der Waals surface area contributed by atoms with Gasteiger partial charge in [0.15, 0.2) is 11.0 Å². The van der Waals surface area contributed by atoms with Crippen molar-refractivity contribution in [1.29, 1.82) is 0 Å². The molecule has 0 aliphatic rings. The Labute approximate surface area is 185 Å². The first-order valence-electron chi connectivity index (χ1n) is 9.18. The SMILES string of the molecule is CCn1c(COc2ccccc2Cl)nnc1SCC(=O)Nc1ccccc1C(F)(F)F. The van der Waals surface area contributed by atoms with Gasteiger partial charge < -0.3 is 14.6 Å². The van der Waals surface area contributed by atoms with Gasteiger partial charge in [0, 0.05) is 6.54 Å². The van der Waals surface area contributed by atoms with Gasteiger partial charge in [-0.3, -0.25) is 4.79 Å². The van der Waals surface area contributed by atoms with Crippen LogP contribution >= 0.6 is 23.4 Å². The van der Waals surface area contributed by atoms with E-state index in [2.05, 4.69) is 15.5 Å². The number of amides is 1. The molecular weight excluding hydrogens is 453 g/mol. The standard InChI is InChI=1S/C20H18ClF3N4O2S/c1-2-28-17(11-30-16-10-6-4-8-14(16)21)26-27-19(28)31-12-18(29)25-15-9-5-3-7-13(15)20(22,23)24/h3-10H,2,11-12H2,1H3,(H,25,29). The molecule has 0 unspecified atom stereocenters. The number of carbonyl (C=O) groups is 1. The topological polar surface area (TPSA) is 69.0 Å². The van der Waals surface area contributed by atoms with Crippen LogP contribution in [0.4, 0.5) is 18.9 Å². The van der Waals surface area contributed by atoms with Gasteiger partial charge in [-0.2, -0.15) is 13.2 Å². The zero-order chi connectivity index (χ0) is 22.4. The van der Waals surface area contributed by atoms with Crippen molar-refractivity contribution < 1.29 is 22.7 Å². The molecule has 0 spiro atoms. The van der Waals surface area contributed by atoms with Crippen molar-refractivity contribution in [3.63, 3.8) is 0 Å². The molecule has 0 saturated carbocycles. The second-order valence-corrected chi connectivity index (χ2v) is 7.59. The average molecular weight is 471 g/mol. The normalized spacial score (nSPS) is 11.4. The summed E-state index contributed by atoms with van der Waals surface area (Å²) >= 11 is 7.15. The lowest BCUT2D eigenvalue weighted by molar-refractivity contribution is -0.137. The fourth-order valence-electron chi connectivity index (χ4n) is 2.71. The van der Waals surface area contributed by atoms with E-state index >= 15 is 0 Å². The second kappa shape index (κ2) is 10.1. The van der Waals surface area contributed by atoms with Crippen molar-refractivity contribution in [3.05, 3.63) is 64.9 Å². The summed E-state index contributed by atoms with van der Waals surface area (Å²) in [5, 5.41) is 11.4. The number of halogens is 4.